The molecule has 2 aromatic carbocycles. The third-order valence-corrected chi connectivity index (χ3v) is 5.78. The van der Waals surface area contributed by atoms with Gasteiger partial charge < -0.3 is 19.5 Å². The van der Waals surface area contributed by atoms with E-state index in [9.17, 15) is 13.6 Å². The smallest absolute Gasteiger partial charge is 0.321 e. The lowest BCUT2D eigenvalue weighted by Gasteiger charge is -2.19. The fraction of sp³-hybridized carbons (Fsp3) is 0.208. The molecule has 1 atom stereocenters. The summed E-state index contributed by atoms with van der Waals surface area (Å²) in [6, 6.07) is 13.7. The zero-order valence-corrected chi connectivity index (χ0v) is 17.8. The van der Waals surface area contributed by atoms with Crippen LogP contribution in [0.2, 0.25) is 0 Å². The van der Waals surface area contributed by atoms with Crippen LogP contribution in [0.15, 0.2) is 60.8 Å². The van der Waals surface area contributed by atoms with Gasteiger partial charge in [0, 0.05) is 30.9 Å². The maximum absolute atomic E-state index is 14.0. The summed E-state index contributed by atoms with van der Waals surface area (Å²) in [7, 11) is 1.61. The molecule has 2 amide bonds. The Bertz CT molecular complexity index is 1320. The Hall–Kier alpha value is -4.01. The number of aromatic nitrogens is 3. The number of hydrogen-bond donors (Lipinski definition) is 1. The topological polar surface area (TPSA) is 72.3 Å². The number of amides is 2. The Balaban J connectivity index is 1.43. The van der Waals surface area contributed by atoms with E-state index in [0.717, 1.165) is 46.5 Å². The molecule has 33 heavy (non-hydrogen) atoms. The summed E-state index contributed by atoms with van der Waals surface area (Å²) in [5.41, 5.74) is 2.20. The standard InChI is InChI=1S/C24H21F2N5O2/c1-33-18-7-4-15(5-8-18)22-28-20-3-2-11-27-23(20)31(22)17-10-12-30(14-17)24(32)29-21-13-16(25)6-9-19(21)26/h2-9,11,13,17H,10,12,14H2,1H3,(H,29,32). The number of nitrogens with zero attached hydrogens (tertiary/aromatic N) is 4. The van der Waals surface area contributed by atoms with Gasteiger partial charge in [-0.05, 0) is 55.0 Å². The third kappa shape index (κ3) is 3.97. The number of fused-ring (bicyclic) bond motifs is 1. The first-order valence-corrected chi connectivity index (χ1v) is 10.5. The molecule has 3 heterocycles. The number of ether oxygens (including phenoxy) is 1. The van der Waals surface area contributed by atoms with Gasteiger partial charge in [0.25, 0.3) is 0 Å². The largest absolute Gasteiger partial charge is 0.497 e. The summed E-state index contributed by atoms with van der Waals surface area (Å²) in [5.74, 6) is 0.181. The minimum Gasteiger partial charge on any atom is -0.497 e. The number of carbonyl (C=O) groups excluding carboxylic acids is 1. The minimum atomic E-state index is -0.688. The van der Waals surface area contributed by atoms with E-state index in [2.05, 4.69) is 10.3 Å². The Kier molecular flexibility index (Phi) is 5.37. The van der Waals surface area contributed by atoms with E-state index >= 15 is 0 Å². The van der Waals surface area contributed by atoms with Crippen molar-refractivity contribution in [3.05, 3.63) is 72.4 Å². The highest BCUT2D eigenvalue weighted by Gasteiger charge is 2.31. The van der Waals surface area contributed by atoms with Gasteiger partial charge in [-0.25, -0.2) is 23.5 Å². The maximum Gasteiger partial charge on any atom is 0.321 e. The second-order valence-electron chi connectivity index (χ2n) is 7.82. The number of pyridine rings is 1. The number of rotatable bonds is 4. The molecule has 0 aliphatic carbocycles. The summed E-state index contributed by atoms with van der Waals surface area (Å²) in [6.07, 6.45) is 2.38. The van der Waals surface area contributed by atoms with Gasteiger partial charge in [-0.2, -0.15) is 0 Å². The van der Waals surface area contributed by atoms with E-state index in [1.165, 1.54) is 0 Å². The first-order valence-electron chi connectivity index (χ1n) is 10.5. The van der Waals surface area contributed by atoms with Crippen molar-refractivity contribution in [1.82, 2.24) is 19.4 Å². The van der Waals surface area contributed by atoms with Crippen LogP contribution in [0.25, 0.3) is 22.6 Å². The van der Waals surface area contributed by atoms with Crippen LogP contribution in [0.1, 0.15) is 12.5 Å². The first kappa shape index (κ1) is 20.9. The molecule has 1 aliphatic heterocycles. The summed E-state index contributed by atoms with van der Waals surface area (Å²) in [5, 5.41) is 2.47. The molecule has 2 aromatic heterocycles. The van der Waals surface area contributed by atoms with Crippen molar-refractivity contribution in [2.75, 3.05) is 25.5 Å². The van der Waals surface area contributed by atoms with Crippen LogP contribution in [0.4, 0.5) is 19.3 Å². The zero-order chi connectivity index (χ0) is 22.9. The molecule has 7 nitrogen and oxygen atoms in total. The molecule has 0 radical (unpaired) electrons. The van der Waals surface area contributed by atoms with Crippen molar-refractivity contribution < 1.29 is 18.3 Å². The Morgan fingerprint density at radius 3 is 2.76 bits per heavy atom. The van der Waals surface area contributed by atoms with Crippen molar-refractivity contribution >= 4 is 22.9 Å². The van der Waals surface area contributed by atoms with Gasteiger partial charge in [0.1, 0.15) is 28.7 Å². The molecule has 4 aromatic rings. The van der Waals surface area contributed by atoms with Crippen molar-refractivity contribution in [3.8, 4) is 17.1 Å². The highest BCUT2D eigenvalue weighted by atomic mass is 19.1. The monoisotopic (exact) mass is 449 g/mol. The summed E-state index contributed by atoms with van der Waals surface area (Å²) in [6.45, 7) is 0.843. The van der Waals surface area contributed by atoms with Gasteiger partial charge in [-0.1, -0.05) is 0 Å². The van der Waals surface area contributed by atoms with Crippen LogP contribution in [0.5, 0.6) is 5.75 Å². The van der Waals surface area contributed by atoms with Gasteiger partial charge in [0.15, 0.2) is 5.65 Å². The van der Waals surface area contributed by atoms with Gasteiger partial charge in [-0.15, -0.1) is 0 Å². The number of carbonyl (C=O) groups is 1. The number of methoxy groups -OCH3 is 1. The number of nitrogens with one attached hydrogen (secondary N) is 1. The number of likely N-dealkylation sites (tertiary alicyclic amines) is 1. The van der Waals surface area contributed by atoms with E-state index < -0.39 is 17.7 Å². The zero-order valence-electron chi connectivity index (χ0n) is 17.8. The van der Waals surface area contributed by atoms with Gasteiger partial charge in [0.05, 0.1) is 18.8 Å². The highest BCUT2D eigenvalue weighted by molar-refractivity contribution is 5.89. The van der Waals surface area contributed by atoms with Gasteiger partial charge >= 0.3 is 6.03 Å². The molecule has 1 aliphatic rings. The minimum absolute atomic E-state index is 0.0786. The number of halogens is 2. The average Bonchev–Trinajstić information content (AvgIpc) is 3.46. The quantitative estimate of drug-likeness (QED) is 0.483. The lowest BCUT2D eigenvalue weighted by Crippen LogP contribution is -2.33. The van der Waals surface area contributed by atoms with E-state index in [1.807, 2.05) is 41.0 Å². The molecule has 1 saturated heterocycles. The Labute approximate surface area is 188 Å². The van der Waals surface area contributed by atoms with Crippen molar-refractivity contribution in [2.24, 2.45) is 0 Å². The van der Waals surface area contributed by atoms with Gasteiger partial charge in [-0.3, -0.25) is 0 Å². The van der Waals surface area contributed by atoms with Crippen LogP contribution in [-0.4, -0.2) is 45.7 Å². The molecule has 1 fully saturated rings. The van der Waals surface area contributed by atoms with Crippen LogP contribution < -0.4 is 10.1 Å². The molecule has 168 valence electrons. The summed E-state index contributed by atoms with van der Waals surface area (Å²) >= 11 is 0. The molecule has 1 N–H and O–H groups in total. The lowest BCUT2D eigenvalue weighted by atomic mass is 10.2. The maximum atomic E-state index is 14.0. The van der Waals surface area contributed by atoms with Crippen LogP contribution >= 0.6 is 0 Å². The van der Waals surface area contributed by atoms with E-state index in [0.29, 0.717) is 19.5 Å². The van der Waals surface area contributed by atoms with E-state index in [4.69, 9.17) is 9.72 Å². The third-order valence-electron chi connectivity index (χ3n) is 5.78. The average molecular weight is 449 g/mol. The molecule has 9 heteroatoms. The summed E-state index contributed by atoms with van der Waals surface area (Å²) < 4.78 is 34.7. The predicted molar refractivity (Wildman–Crippen MR) is 120 cm³/mol. The fourth-order valence-electron chi connectivity index (χ4n) is 4.14. The van der Waals surface area contributed by atoms with E-state index in [-0.39, 0.29) is 11.7 Å². The van der Waals surface area contributed by atoms with Crippen LogP contribution in [-0.2, 0) is 0 Å². The van der Waals surface area contributed by atoms with Crippen molar-refractivity contribution in [2.45, 2.75) is 12.5 Å². The molecule has 0 spiro atoms. The second-order valence-corrected chi connectivity index (χ2v) is 7.82. The Morgan fingerprint density at radius 1 is 1.15 bits per heavy atom. The second kappa shape index (κ2) is 8.50. The highest BCUT2D eigenvalue weighted by Crippen LogP contribution is 2.33. The van der Waals surface area contributed by atoms with Gasteiger partial charge in [0.2, 0.25) is 0 Å². The molecular formula is C24H21F2N5O2. The van der Waals surface area contributed by atoms with Crippen LogP contribution in [0, 0.1) is 11.6 Å². The predicted octanol–water partition coefficient (Wildman–Crippen LogP) is 4.86. The molecule has 0 bridgehead atoms. The molecular weight excluding hydrogens is 428 g/mol. The molecule has 0 saturated carbocycles. The van der Waals surface area contributed by atoms with Crippen LogP contribution in [0.3, 0.4) is 0 Å². The Morgan fingerprint density at radius 2 is 1.97 bits per heavy atom. The van der Waals surface area contributed by atoms with E-state index in [1.54, 1.807) is 18.2 Å². The van der Waals surface area contributed by atoms with Crippen molar-refractivity contribution in [3.63, 3.8) is 0 Å². The first-order chi connectivity index (χ1) is 16.0. The number of hydrogen-bond acceptors (Lipinski definition) is 4. The number of benzene rings is 2. The normalized spacial score (nSPS) is 15.7. The van der Waals surface area contributed by atoms with Crippen molar-refractivity contribution in [1.29, 1.82) is 0 Å². The fourth-order valence-corrected chi connectivity index (χ4v) is 4.14. The lowest BCUT2D eigenvalue weighted by molar-refractivity contribution is 0.221. The number of imidazole rings is 1. The molecule has 5 rings (SSSR count). The summed E-state index contributed by atoms with van der Waals surface area (Å²) in [4.78, 5) is 23.7. The number of urea groups is 1. The SMILES string of the molecule is COc1ccc(-c2nc3cccnc3n2C2CCN(C(=O)Nc3cc(F)ccc3F)C2)cc1. The molecule has 1 unspecified atom stereocenters. The number of anilines is 1.